The highest BCUT2D eigenvalue weighted by Gasteiger charge is 2.49. The lowest BCUT2D eigenvalue weighted by Crippen LogP contribution is -3.00. The summed E-state index contributed by atoms with van der Waals surface area (Å²) in [6.45, 7) is 4.08. The van der Waals surface area contributed by atoms with Gasteiger partial charge in [0.25, 0.3) is 12.1 Å². The van der Waals surface area contributed by atoms with Gasteiger partial charge in [0.05, 0.1) is 19.8 Å². The van der Waals surface area contributed by atoms with Gasteiger partial charge in [-0.2, -0.15) is 4.57 Å². The van der Waals surface area contributed by atoms with E-state index >= 15 is 0 Å². The molecule has 1 amide bonds. The van der Waals surface area contributed by atoms with Crippen LogP contribution in [0.15, 0.2) is 24.5 Å². The van der Waals surface area contributed by atoms with Crippen LogP contribution in [0.2, 0.25) is 0 Å². The molecule has 0 radical (unpaired) electrons. The SMILES string of the molecule is CCCCOP(=O)(OCCCC)OCC1OC([n+]2cccc(C(N)=O)c2)C(O)C1O.[Cl-]. The number of aliphatic hydroxyl groups is 2. The number of ether oxygens (including phenoxy) is 1. The second-order valence-corrected chi connectivity index (χ2v) is 8.74. The van der Waals surface area contributed by atoms with Crippen LogP contribution in [0.4, 0.5) is 0 Å². The number of carbonyl (C=O) groups is 1. The van der Waals surface area contributed by atoms with Crippen LogP contribution in [0.5, 0.6) is 0 Å². The molecule has 4 atom stereocenters. The molecule has 1 aromatic heterocycles. The minimum absolute atomic E-state index is 0. The van der Waals surface area contributed by atoms with Crippen molar-refractivity contribution in [3.05, 3.63) is 30.1 Å². The van der Waals surface area contributed by atoms with Gasteiger partial charge in [0.2, 0.25) is 0 Å². The number of aliphatic hydroxyl groups excluding tert-OH is 2. The van der Waals surface area contributed by atoms with Crippen LogP contribution in [0, 0.1) is 0 Å². The highest BCUT2D eigenvalue weighted by molar-refractivity contribution is 7.48. The molecule has 2 heterocycles. The molecule has 0 aromatic carbocycles. The van der Waals surface area contributed by atoms with Gasteiger partial charge >= 0.3 is 7.82 Å². The number of phosphoric ester groups is 1. The molecule has 4 N–H and O–H groups in total. The molecule has 1 aliphatic rings. The second kappa shape index (κ2) is 13.4. The molecular formula is C19H32ClN2O8P. The van der Waals surface area contributed by atoms with Crippen LogP contribution >= 0.6 is 7.82 Å². The number of unbranched alkanes of at least 4 members (excludes halogenated alkanes) is 2. The Hall–Kier alpha value is -1.10. The lowest BCUT2D eigenvalue weighted by atomic mass is 10.1. The average molecular weight is 483 g/mol. The van der Waals surface area contributed by atoms with E-state index in [0.29, 0.717) is 12.8 Å². The lowest BCUT2D eigenvalue weighted by molar-refractivity contribution is -0.765. The molecule has 178 valence electrons. The molecule has 12 heteroatoms. The zero-order valence-electron chi connectivity index (χ0n) is 17.8. The zero-order valence-corrected chi connectivity index (χ0v) is 19.4. The van der Waals surface area contributed by atoms with Crippen LogP contribution < -0.4 is 22.7 Å². The van der Waals surface area contributed by atoms with Gasteiger partial charge in [-0.15, -0.1) is 0 Å². The fourth-order valence-electron chi connectivity index (χ4n) is 2.83. The summed E-state index contributed by atoms with van der Waals surface area (Å²) in [6.07, 6.45) is 1.53. The zero-order chi connectivity index (χ0) is 22.1. The molecule has 1 aromatic rings. The Morgan fingerprint density at radius 2 is 1.77 bits per heavy atom. The number of nitrogens with zero attached hydrogens (tertiary/aromatic N) is 1. The van der Waals surface area contributed by atoms with Gasteiger partial charge in [0, 0.05) is 6.07 Å². The molecule has 10 nitrogen and oxygen atoms in total. The Kier molecular flexibility index (Phi) is 12.1. The molecule has 0 saturated carbocycles. The summed E-state index contributed by atoms with van der Waals surface area (Å²) >= 11 is 0. The van der Waals surface area contributed by atoms with E-state index in [4.69, 9.17) is 24.0 Å². The summed E-state index contributed by atoms with van der Waals surface area (Å²) in [6, 6.07) is 3.10. The van der Waals surface area contributed by atoms with E-state index < -0.39 is 38.3 Å². The Balaban J connectivity index is 0.00000480. The third-order valence-corrected chi connectivity index (χ3v) is 6.09. The van der Waals surface area contributed by atoms with Crippen LogP contribution in [0.1, 0.15) is 56.1 Å². The summed E-state index contributed by atoms with van der Waals surface area (Å²) in [4.78, 5) is 11.4. The van der Waals surface area contributed by atoms with Gasteiger partial charge in [-0.05, 0) is 18.9 Å². The van der Waals surface area contributed by atoms with E-state index in [1.165, 1.54) is 16.8 Å². The first kappa shape index (κ1) is 27.9. The minimum atomic E-state index is -3.83. The van der Waals surface area contributed by atoms with E-state index in [9.17, 15) is 19.6 Å². The molecule has 0 spiro atoms. The number of pyridine rings is 1. The van der Waals surface area contributed by atoms with Crippen LogP contribution in [-0.4, -0.2) is 54.3 Å². The molecular weight excluding hydrogens is 451 g/mol. The molecule has 2 rings (SSSR count). The predicted molar refractivity (Wildman–Crippen MR) is 106 cm³/mol. The number of amides is 1. The van der Waals surface area contributed by atoms with Gasteiger partial charge < -0.3 is 33.1 Å². The maximum absolute atomic E-state index is 12.9. The number of aromatic nitrogens is 1. The van der Waals surface area contributed by atoms with Crippen molar-refractivity contribution in [2.75, 3.05) is 19.8 Å². The normalized spacial score (nSPS) is 23.5. The smallest absolute Gasteiger partial charge is 0.474 e. The number of primary amides is 1. The van der Waals surface area contributed by atoms with Crippen molar-refractivity contribution in [2.24, 2.45) is 5.73 Å². The number of rotatable bonds is 13. The quantitative estimate of drug-likeness (QED) is 0.174. The number of nitrogens with two attached hydrogens (primary N) is 1. The van der Waals surface area contributed by atoms with Gasteiger partial charge in [0.15, 0.2) is 18.5 Å². The molecule has 1 saturated heterocycles. The van der Waals surface area contributed by atoms with Crippen molar-refractivity contribution >= 4 is 13.7 Å². The fourth-order valence-corrected chi connectivity index (χ4v) is 4.09. The molecule has 1 fully saturated rings. The summed E-state index contributed by atoms with van der Waals surface area (Å²) in [5.41, 5.74) is 5.51. The van der Waals surface area contributed by atoms with E-state index in [2.05, 4.69) is 0 Å². The number of hydrogen-bond acceptors (Lipinski definition) is 8. The number of halogens is 1. The van der Waals surface area contributed by atoms with E-state index in [-0.39, 0.29) is 37.8 Å². The van der Waals surface area contributed by atoms with Crippen LogP contribution in [0.25, 0.3) is 0 Å². The lowest BCUT2D eigenvalue weighted by Gasteiger charge is -2.20. The van der Waals surface area contributed by atoms with Crippen molar-refractivity contribution in [1.29, 1.82) is 0 Å². The Morgan fingerprint density at radius 3 is 2.32 bits per heavy atom. The van der Waals surface area contributed by atoms with Crippen molar-refractivity contribution in [1.82, 2.24) is 0 Å². The third kappa shape index (κ3) is 8.07. The summed E-state index contributed by atoms with van der Waals surface area (Å²) in [7, 11) is -3.83. The molecule has 1 aliphatic heterocycles. The Morgan fingerprint density at radius 1 is 1.16 bits per heavy atom. The third-order valence-electron chi connectivity index (χ3n) is 4.63. The van der Waals surface area contributed by atoms with Crippen molar-refractivity contribution in [3.8, 4) is 0 Å². The molecule has 0 bridgehead atoms. The predicted octanol–water partition coefficient (Wildman–Crippen LogP) is -1.55. The molecule has 4 unspecified atom stereocenters. The summed E-state index contributed by atoms with van der Waals surface area (Å²) in [5.74, 6) is -0.633. The fraction of sp³-hybridized carbons (Fsp3) is 0.684. The maximum Gasteiger partial charge on any atom is 0.474 e. The highest BCUT2D eigenvalue weighted by atomic mass is 35.5. The first-order valence-electron chi connectivity index (χ1n) is 10.2. The van der Waals surface area contributed by atoms with Gasteiger partial charge in [-0.1, -0.05) is 26.7 Å². The topological polar surface area (TPSA) is 141 Å². The Labute approximate surface area is 188 Å². The minimum Gasteiger partial charge on any atom is -1.00 e. The first-order chi connectivity index (χ1) is 14.3. The van der Waals surface area contributed by atoms with Gasteiger partial charge in [-0.3, -0.25) is 18.4 Å². The summed E-state index contributed by atoms with van der Waals surface area (Å²) in [5, 5.41) is 20.7. The van der Waals surface area contributed by atoms with Gasteiger partial charge in [-0.25, -0.2) is 4.57 Å². The number of hydrogen-bond donors (Lipinski definition) is 3. The number of carbonyl (C=O) groups excluding carboxylic acids is 1. The van der Waals surface area contributed by atoms with Crippen molar-refractivity contribution < 1.29 is 54.9 Å². The van der Waals surface area contributed by atoms with Gasteiger partial charge in [0.1, 0.15) is 17.8 Å². The first-order valence-corrected chi connectivity index (χ1v) is 11.6. The van der Waals surface area contributed by atoms with Crippen LogP contribution in [-0.2, 0) is 22.9 Å². The van der Waals surface area contributed by atoms with E-state index in [1.807, 2.05) is 13.8 Å². The number of phosphoric acid groups is 1. The largest absolute Gasteiger partial charge is 1.00 e. The van der Waals surface area contributed by atoms with E-state index in [1.54, 1.807) is 12.3 Å². The van der Waals surface area contributed by atoms with Crippen molar-refractivity contribution in [2.45, 2.75) is 64.1 Å². The highest BCUT2D eigenvalue weighted by Crippen LogP contribution is 2.50. The average Bonchev–Trinajstić information content (AvgIpc) is 3.01. The molecule has 0 aliphatic carbocycles. The van der Waals surface area contributed by atoms with Crippen molar-refractivity contribution in [3.63, 3.8) is 0 Å². The molecule has 31 heavy (non-hydrogen) atoms. The standard InChI is InChI=1S/C19H31N2O8P.ClH/c1-3-5-10-26-30(25,27-11-6-4-2)28-13-15-16(22)17(23)19(29-15)21-9-7-8-14(12-21)18(20)24;/h7-9,12,15-17,19,22-23H,3-6,10-11,13H2,1-2H3,(H-,20,24);1H. The van der Waals surface area contributed by atoms with E-state index in [0.717, 1.165) is 12.8 Å². The maximum atomic E-state index is 12.9. The summed E-state index contributed by atoms with van der Waals surface area (Å²) < 4.78 is 36.1. The van der Waals surface area contributed by atoms with Crippen LogP contribution in [0.3, 0.4) is 0 Å². The Bertz CT molecular complexity index is 727. The monoisotopic (exact) mass is 482 g/mol. The second-order valence-electron chi connectivity index (χ2n) is 7.07.